The SMILES string of the molecule is Oc1cc2ccccc2cc1-c1nc(C2CC2)no1. The molecule has 0 aliphatic heterocycles. The lowest BCUT2D eigenvalue weighted by atomic mass is 10.1. The Morgan fingerprint density at radius 1 is 1.11 bits per heavy atom. The van der Waals surface area contributed by atoms with Gasteiger partial charge in [0.05, 0.1) is 5.56 Å². The average Bonchev–Trinajstić information content (AvgIpc) is 3.16. The third-order valence-electron chi connectivity index (χ3n) is 3.48. The van der Waals surface area contributed by atoms with Crippen LogP contribution in [0.1, 0.15) is 24.6 Å². The molecular formula is C15H12N2O2. The van der Waals surface area contributed by atoms with Crippen molar-refractivity contribution in [1.29, 1.82) is 0 Å². The minimum atomic E-state index is 0.171. The van der Waals surface area contributed by atoms with E-state index in [2.05, 4.69) is 10.1 Å². The summed E-state index contributed by atoms with van der Waals surface area (Å²) >= 11 is 0. The molecule has 1 aromatic heterocycles. The van der Waals surface area contributed by atoms with Gasteiger partial charge in [-0.2, -0.15) is 4.98 Å². The number of hydrogen-bond acceptors (Lipinski definition) is 4. The molecule has 0 bridgehead atoms. The van der Waals surface area contributed by atoms with Gasteiger partial charge in [-0.25, -0.2) is 0 Å². The van der Waals surface area contributed by atoms with Crippen molar-refractivity contribution in [1.82, 2.24) is 10.1 Å². The molecule has 1 saturated carbocycles. The van der Waals surface area contributed by atoms with E-state index in [0.29, 0.717) is 17.4 Å². The number of aromatic hydroxyl groups is 1. The van der Waals surface area contributed by atoms with Crippen LogP contribution in [0.15, 0.2) is 40.9 Å². The first-order valence-corrected chi connectivity index (χ1v) is 6.37. The van der Waals surface area contributed by atoms with Crippen LogP contribution < -0.4 is 0 Å². The second-order valence-electron chi connectivity index (χ2n) is 4.95. The van der Waals surface area contributed by atoms with Gasteiger partial charge in [-0.1, -0.05) is 29.4 Å². The van der Waals surface area contributed by atoms with Gasteiger partial charge in [0.15, 0.2) is 5.82 Å². The predicted octanol–water partition coefficient (Wildman–Crippen LogP) is 3.47. The van der Waals surface area contributed by atoms with Crippen LogP contribution in [0.2, 0.25) is 0 Å². The van der Waals surface area contributed by atoms with E-state index in [0.717, 1.165) is 29.4 Å². The third kappa shape index (κ3) is 1.76. The first-order chi connectivity index (χ1) is 9.31. The first-order valence-electron chi connectivity index (χ1n) is 6.37. The molecule has 0 saturated heterocycles. The number of nitrogens with zero attached hydrogens (tertiary/aromatic N) is 2. The summed E-state index contributed by atoms with van der Waals surface area (Å²) in [6.45, 7) is 0. The van der Waals surface area contributed by atoms with Crippen LogP contribution in [0, 0.1) is 0 Å². The van der Waals surface area contributed by atoms with Gasteiger partial charge in [-0.05, 0) is 35.7 Å². The molecule has 0 radical (unpaired) electrons. The smallest absolute Gasteiger partial charge is 0.261 e. The maximum Gasteiger partial charge on any atom is 0.261 e. The van der Waals surface area contributed by atoms with Crippen molar-refractivity contribution in [3.8, 4) is 17.2 Å². The number of aromatic nitrogens is 2. The van der Waals surface area contributed by atoms with Crippen LogP contribution in [0.3, 0.4) is 0 Å². The minimum absolute atomic E-state index is 0.171. The van der Waals surface area contributed by atoms with Crippen molar-refractivity contribution in [2.45, 2.75) is 18.8 Å². The van der Waals surface area contributed by atoms with E-state index in [-0.39, 0.29) is 5.75 Å². The predicted molar refractivity (Wildman–Crippen MR) is 70.9 cm³/mol. The molecule has 0 spiro atoms. The second kappa shape index (κ2) is 3.82. The molecule has 1 heterocycles. The molecule has 3 aromatic rings. The highest BCUT2D eigenvalue weighted by atomic mass is 16.5. The highest BCUT2D eigenvalue weighted by Crippen LogP contribution is 2.40. The monoisotopic (exact) mass is 252 g/mol. The van der Waals surface area contributed by atoms with Crippen molar-refractivity contribution in [2.75, 3.05) is 0 Å². The molecule has 0 amide bonds. The van der Waals surface area contributed by atoms with Gasteiger partial charge in [-0.3, -0.25) is 0 Å². The normalized spacial score (nSPS) is 14.9. The quantitative estimate of drug-likeness (QED) is 0.758. The van der Waals surface area contributed by atoms with Crippen LogP contribution >= 0.6 is 0 Å². The summed E-state index contributed by atoms with van der Waals surface area (Å²) in [6, 6.07) is 11.5. The van der Waals surface area contributed by atoms with Gasteiger partial charge in [0, 0.05) is 5.92 Å². The van der Waals surface area contributed by atoms with Crippen LogP contribution in [-0.4, -0.2) is 15.2 Å². The van der Waals surface area contributed by atoms with Crippen molar-refractivity contribution in [3.05, 3.63) is 42.2 Å². The van der Waals surface area contributed by atoms with E-state index < -0.39 is 0 Å². The lowest BCUT2D eigenvalue weighted by Crippen LogP contribution is -1.83. The fraction of sp³-hybridized carbons (Fsp3) is 0.200. The number of hydrogen-bond donors (Lipinski definition) is 1. The highest BCUT2D eigenvalue weighted by molar-refractivity contribution is 5.89. The van der Waals surface area contributed by atoms with Gasteiger partial charge in [-0.15, -0.1) is 0 Å². The van der Waals surface area contributed by atoms with Crippen LogP contribution in [0.25, 0.3) is 22.2 Å². The first kappa shape index (κ1) is 10.6. The molecule has 94 valence electrons. The summed E-state index contributed by atoms with van der Waals surface area (Å²) in [5, 5.41) is 16.1. The molecule has 1 aliphatic carbocycles. The van der Waals surface area contributed by atoms with E-state index in [1.165, 1.54) is 0 Å². The molecule has 4 heteroatoms. The molecule has 0 atom stereocenters. The van der Waals surface area contributed by atoms with E-state index in [4.69, 9.17) is 4.52 Å². The van der Waals surface area contributed by atoms with Gasteiger partial charge < -0.3 is 9.63 Å². The summed E-state index contributed by atoms with van der Waals surface area (Å²) in [5.74, 6) is 1.76. The van der Waals surface area contributed by atoms with Gasteiger partial charge in [0.1, 0.15) is 5.75 Å². The molecule has 1 aliphatic rings. The van der Waals surface area contributed by atoms with Crippen molar-refractivity contribution < 1.29 is 9.63 Å². The van der Waals surface area contributed by atoms with Gasteiger partial charge in [0.25, 0.3) is 5.89 Å². The molecule has 19 heavy (non-hydrogen) atoms. The van der Waals surface area contributed by atoms with Crippen LogP contribution in [-0.2, 0) is 0 Å². The van der Waals surface area contributed by atoms with Crippen LogP contribution in [0.5, 0.6) is 5.75 Å². The zero-order chi connectivity index (χ0) is 12.8. The summed E-state index contributed by atoms with van der Waals surface area (Å²) in [7, 11) is 0. The lowest BCUT2D eigenvalue weighted by Gasteiger charge is -2.02. The minimum Gasteiger partial charge on any atom is -0.507 e. The fourth-order valence-corrected chi connectivity index (χ4v) is 2.25. The topological polar surface area (TPSA) is 59.2 Å². The van der Waals surface area contributed by atoms with E-state index in [1.54, 1.807) is 6.07 Å². The van der Waals surface area contributed by atoms with Crippen molar-refractivity contribution in [2.24, 2.45) is 0 Å². The summed E-state index contributed by atoms with van der Waals surface area (Å²) < 4.78 is 5.26. The van der Waals surface area contributed by atoms with Crippen molar-refractivity contribution in [3.63, 3.8) is 0 Å². The number of rotatable bonds is 2. The molecule has 4 nitrogen and oxygen atoms in total. The zero-order valence-corrected chi connectivity index (χ0v) is 10.2. The second-order valence-corrected chi connectivity index (χ2v) is 4.95. The number of fused-ring (bicyclic) bond motifs is 1. The maximum absolute atomic E-state index is 10.1. The van der Waals surface area contributed by atoms with E-state index in [1.807, 2.05) is 30.3 Å². The van der Waals surface area contributed by atoms with E-state index >= 15 is 0 Å². The van der Waals surface area contributed by atoms with Gasteiger partial charge in [0.2, 0.25) is 0 Å². The number of phenols is 1. The lowest BCUT2D eigenvalue weighted by molar-refractivity contribution is 0.418. The summed E-state index contributed by atoms with van der Waals surface area (Å²) in [5.41, 5.74) is 0.595. The Hall–Kier alpha value is -2.36. The Balaban J connectivity index is 1.86. The Morgan fingerprint density at radius 2 is 1.84 bits per heavy atom. The Kier molecular flexibility index (Phi) is 2.12. The van der Waals surface area contributed by atoms with Crippen LogP contribution in [0.4, 0.5) is 0 Å². The summed E-state index contributed by atoms with van der Waals surface area (Å²) in [6.07, 6.45) is 2.26. The maximum atomic E-state index is 10.1. The molecule has 2 aromatic carbocycles. The molecule has 1 N–H and O–H groups in total. The molecular weight excluding hydrogens is 240 g/mol. The Morgan fingerprint density at radius 3 is 2.58 bits per heavy atom. The molecule has 4 rings (SSSR count). The molecule has 0 unspecified atom stereocenters. The van der Waals surface area contributed by atoms with Gasteiger partial charge >= 0.3 is 0 Å². The molecule has 1 fully saturated rings. The zero-order valence-electron chi connectivity index (χ0n) is 10.2. The van der Waals surface area contributed by atoms with E-state index in [9.17, 15) is 5.11 Å². The third-order valence-corrected chi connectivity index (χ3v) is 3.48. The fourth-order valence-electron chi connectivity index (χ4n) is 2.25. The standard InChI is InChI=1S/C15H12N2O2/c18-13-8-11-4-2-1-3-10(11)7-12(13)15-16-14(17-19-15)9-5-6-9/h1-4,7-9,18H,5-6H2. The Labute approximate surface area is 109 Å². The summed E-state index contributed by atoms with van der Waals surface area (Å²) in [4.78, 5) is 4.37. The highest BCUT2D eigenvalue weighted by Gasteiger charge is 2.29. The average molecular weight is 252 g/mol. The Bertz CT molecular complexity index is 760. The number of benzene rings is 2. The van der Waals surface area contributed by atoms with Crippen molar-refractivity contribution >= 4 is 10.8 Å². The largest absolute Gasteiger partial charge is 0.507 e. The number of phenolic OH excluding ortho intramolecular Hbond substituents is 1.